The summed E-state index contributed by atoms with van der Waals surface area (Å²) in [7, 11) is 16.2. The molecule has 0 aliphatic rings. The predicted molar refractivity (Wildman–Crippen MR) is 64.1 cm³/mol. The first-order chi connectivity index (χ1) is 6.38. The quantitative estimate of drug-likeness (QED) is 0.689. The van der Waals surface area contributed by atoms with Gasteiger partial charge >= 0.3 is 0 Å². The molecule has 0 unspecified atom stereocenters. The molecule has 0 atom stereocenters. The standard InChI is InChI=1S/C10H12B3N/c1-7(2)8-3-5-9(6-4-8)14-10(11,12)13/h3-7,14H,1-2H3. The maximum Gasteiger partial charge on any atom is 0.0769 e. The zero-order valence-electron chi connectivity index (χ0n) is 8.62. The molecule has 0 saturated heterocycles. The summed E-state index contributed by atoms with van der Waals surface area (Å²) in [6, 6.07) is 7.88. The molecule has 0 aromatic heterocycles. The van der Waals surface area contributed by atoms with Gasteiger partial charge < -0.3 is 5.32 Å². The number of hydrogen-bond donors (Lipinski definition) is 1. The summed E-state index contributed by atoms with van der Waals surface area (Å²) in [4.78, 5) is 0. The van der Waals surface area contributed by atoms with Gasteiger partial charge in [0.15, 0.2) is 0 Å². The minimum atomic E-state index is -1.36. The molecule has 1 N–H and O–H groups in total. The van der Waals surface area contributed by atoms with E-state index in [1.165, 1.54) is 5.56 Å². The first-order valence-electron chi connectivity index (χ1n) is 4.63. The molecule has 6 radical (unpaired) electrons. The number of anilines is 1. The molecule has 0 aliphatic heterocycles. The summed E-state index contributed by atoms with van der Waals surface area (Å²) in [6.45, 7) is 4.28. The van der Waals surface area contributed by atoms with Crippen LogP contribution in [0.15, 0.2) is 24.3 Å². The van der Waals surface area contributed by atoms with Crippen molar-refractivity contribution in [3.05, 3.63) is 29.8 Å². The molecular formula is C10H12B3N. The second kappa shape index (κ2) is 4.16. The van der Waals surface area contributed by atoms with Crippen molar-refractivity contribution in [1.82, 2.24) is 0 Å². The van der Waals surface area contributed by atoms with Crippen LogP contribution >= 0.6 is 0 Å². The van der Waals surface area contributed by atoms with Crippen molar-refractivity contribution in [2.24, 2.45) is 0 Å². The maximum absolute atomic E-state index is 5.41. The number of nitrogens with one attached hydrogen (secondary N) is 1. The van der Waals surface area contributed by atoms with Crippen molar-refractivity contribution >= 4 is 29.2 Å². The maximum atomic E-state index is 5.41. The largest absolute Gasteiger partial charge is 0.405 e. The summed E-state index contributed by atoms with van der Waals surface area (Å²) in [5, 5.41) is 1.42. The molecule has 0 amide bonds. The third kappa shape index (κ3) is 3.53. The van der Waals surface area contributed by atoms with Gasteiger partial charge in [0.2, 0.25) is 0 Å². The van der Waals surface area contributed by atoms with Crippen LogP contribution < -0.4 is 5.32 Å². The third-order valence-electron chi connectivity index (χ3n) is 1.94. The van der Waals surface area contributed by atoms with E-state index in [2.05, 4.69) is 19.2 Å². The summed E-state index contributed by atoms with van der Waals surface area (Å²) < 4.78 is 0. The molecule has 0 aliphatic carbocycles. The lowest BCUT2D eigenvalue weighted by Crippen LogP contribution is -2.39. The average molecular weight is 179 g/mol. The average Bonchev–Trinajstić information content (AvgIpc) is 2.02. The molecule has 1 aromatic carbocycles. The smallest absolute Gasteiger partial charge is 0.0769 e. The lowest BCUT2D eigenvalue weighted by atomic mass is 9.49. The highest BCUT2D eigenvalue weighted by atomic mass is 14.9. The second-order valence-corrected chi connectivity index (χ2v) is 3.83. The molecule has 1 aromatic rings. The fourth-order valence-electron chi connectivity index (χ4n) is 1.20. The van der Waals surface area contributed by atoms with E-state index in [1.807, 2.05) is 24.3 Å². The Morgan fingerprint density at radius 2 is 1.57 bits per heavy atom. The Morgan fingerprint density at radius 3 is 1.93 bits per heavy atom. The van der Waals surface area contributed by atoms with E-state index in [1.54, 1.807) is 0 Å². The Hall–Kier alpha value is -0.785. The number of benzene rings is 1. The van der Waals surface area contributed by atoms with Gasteiger partial charge in [-0.2, -0.15) is 0 Å². The summed E-state index contributed by atoms with van der Waals surface area (Å²) >= 11 is 0. The summed E-state index contributed by atoms with van der Waals surface area (Å²) in [5.74, 6) is 0.516. The van der Waals surface area contributed by atoms with Gasteiger partial charge in [-0.05, 0) is 23.6 Å². The highest BCUT2D eigenvalue weighted by Crippen LogP contribution is 2.17. The Morgan fingerprint density at radius 1 is 1.07 bits per heavy atom. The van der Waals surface area contributed by atoms with Gasteiger partial charge in [0.05, 0.1) is 23.5 Å². The van der Waals surface area contributed by atoms with E-state index >= 15 is 0 Å². The Bertz CT molecular complexity index is 287. The molecule has 0 heterocycles. The van der Waals surface area contributed by atoms with Crippen molar-refractivity contribution < 1.29 is 0 Å². The fraction of sp³-hybridized carbons (Fsp3) is 0.400. The first kappa shape index (κ1) is 11.3. The fourth-order valence-corrected chi connectivity index (χ4v) is 1.20. The lowest BCUT2D eigenvalue weighted by Gasteiger charge is -2.24. The second-order valence-electron chi connectivity index (χ2n) is 3.83. The SMILES string of the molecule is [B]C([B])([B])Nc1ccc(C(C)C)cc1. The Balaban J connectivity index is 2.74. The van der Waals surface area contributed by atoms with Gasteiger partial charge in [-0.3, -0.25) is 0 Å². The minimum absolute atomic E-state index is 0.516. The van der Waals surface area contributed by atoms with E-state index in [0.29, 0.717) is 5.92 Å². The highest BCUT2D eigenvalue weighted by Gasteiger charge is 2.07. The van der Waals surface area contributed by atoms with Gasteiger partial charge in [0, 0.05) is 5.69 Å². The van der Waals surface area contributed by atoms with E-state index in [4.69, 9.17) is 23.5 Å². The Kier molecular flexibility index (Phi) is 3.36. The van der Waals surface area contributed by atoms with E-state index < -0.39 is 5.24 Å². The molecule has 0 fully saturated rings. The zero-order valence-corrected chi connectivity index (χ0v) is 8.62. The topological polar surface area (TPSA) is 12.0 Å². The molecule has 66 valence electrons. The summed E-state index contributed by atoms with van der Waals surface area (Å²) in [6.07, 6.45) is 0. The molecule has 0 saturated carbocycles. The van der Waals surface area contributed by atoms with Crippen LogP contribution in [0.4, 0.5) is 5.69 Å². The van der Waals surface area contributed by atoms with E-state index in [9.17, 15) is 0 Å². The van der Waals surface area contributed by atoms with Gasteiger partial charge in [-0.1, -0.05) is 31.2 Å². The van der Waals surface area contributed by atoms with Crippen LogP contribution in [0, 0.1) is 0 Å². The summed E-state index contributed by atoms with van der Waals surface area (Å²) in [5.41, 5.74) is 2.09. The van der Waals surface area contributed by atoms with Crippen LogP contribution in [0.1, 0.15) is 25.3 Å². The normalized spacial score (nSPS) is 11.6. The zero-order chi connectivity index (χ0) is 10.8. The van der Waals surface area contributed by atoms with Crippen LogP contribution in [0.5, 0.6) is 0 Å². The highest BCUT2D eigenvalue weighted by molar-refractivity contribution is 6.60. The predicted octanol–water partition coefficient (Wildman–Crippen LogP) is 1.34. The molecule has 0 bridgehead atoms. The van der Waals surface area contributed by atoms with E-state index in [-0.39, 0.29) is 0 Å². The van der Waals surface area contributed by atoms with Crippen LogP contribution in [-0.4, -0.2) is 28.8 Å². The van der Waals surface area contributed by atoms with Gasteiger partial charge in [0.25, 0.3) is 0 Å². The number of rotatable bonds is 3. The molecule has 0 spiro atoms. The van der Waals surface area contributed by atoms with Gasteiger partial charge in [0.1, 0.15) is 0 Å². The van der Waals surface area contributed by atoms with Crippen LogP contribution in [0.2, 0.25) is 0 Å². The van der Waals surface area contributed by atoms with Crippen LogP contribution in [0.3, 0.4) is 0 Å². The van der Waals surface area contributed by atoms with Crippen molar-refractivity contribution in [2.45, 2.75) is 25.0 Å². The molecule has 1 nitrogen and oxygen atoms in total. The van der Waals surface area contributed by atoms with Crippen molar-refractivity contribution in [3.8, 4) is 0 Å². The first-order valence-corrected chi connectivity index (χ1v) is 4.63. The van der Waals surface area contributed by atoms with Crippen molar-refractivity contribution in [2.75, 3.05) is 5.32 Å². The molecule has 1 rings (SSSR count). The lowest BCUT2D eigenvalue weighted by molar-refractivity contribution is 0.867. The minimum Gasteiger partial charge on any atom is -0.405 e. The van der Waals surface area contributed by atoms with Crippen LogP contribution in [-0.2, 0) is 0 Å². The molecule has 14 heavy (non-hydrogen) atoms. The third-order valence-corrected chi connectivity index (χ3v) is 1.94. The van der Waals surface area contributed by atoms with Crippen LogP contribution in [0.25, 0.3) is 0 Å². The number of hydrogen-bond acceptors (Lipinski definition) is 1. The van der Waals surface area contributed by atoms with Crippen molar-refractivity contribution in [3.63, 3.8) is 0 Å². The van der Waals surface area contributed by atoms with E-state index in [0.717, 1.165) is 5.69 Å². The Labute approximate surface area is 89.9 Å². The monoisotopic (exact) mass is 179 g/mol. The van der Waals surface area contributed by atoms with Gasteiger partial charge in [-0.15, -0.1) is 0 Å². The molecular weight excluding hydrogens is 167 g/mol. The van der Waals surface area contributed by atoms with Gasteiger partial charge in [-0.25, -0.2) is 0 Å². The van der Waals surface area contributed by atoms with Crippen molar-refractivity contribution in [1.29, 1.82) is 0 Å². The molecule has 4 heteroatoms.